The molecule has 2 rings (SSSR count). The fourth-order valence-corrected chi connectivity index (χ4v) is 2.22. The van der Waals surface area contributed by atoms with Crippen LogP contribution in [0.5, 0.6) is 0 Å². The number of carbonyl (C=O) groups excluding carboxylic acids is 3. The van der Waals surface area contributed by atoms with Crippen LogP contribution < -0.4 is 16.4 Å². The number of hydrogen-bond donors (Lipinski definition) is 3. The summed E-state index contributed by atoms with van der Waals surface area (Å²) in [7, 11) is 0. The lowest BCUT2D eigenvalue weighted by atomic mass is 10.1. The van der Waals surface area contributed by atoms with Gasteiger partial charge in [0, 0.05) is 18.8 Å². The smallest absolute Gasteiger partial charge is 0.338 e. The van der Waals surface area contributed by atoms with Gasteiger partial charge in [-0.1, -0.05) is 24.3 Å². The largest absolute Gasteiger partial charge is 0.462 e. The summed E-state index contributed by atoms with van der Waals surface area (Å²) in [6.45, 7) is 2.63. The minimum atomic E-state index is -0.788. The second kappa shape index (κ2) is 9.33. The molecule has 0 saturated heterocycles. The van der Waals surface area contributed by atoms with Crippen LogP contribution in [0.4, 0.5) is 5.69 Å². The Hall–Kier alpha value is -3.19. The Balaban J connectivity index is 1.88. The summed E-state index contributed by atoms with van der Waals surface area (Å²) >= 11 is 0. The van der Waals surface area contributed by atoms with Gasteiger partial charge in [0.15, 0.2) is 0 Å². The molecule has 0 radical (unpaired) electrons. The van der Waals surface area contributed by atoms with Crippen molar-refractivity contribution in [3.8, 4) is 0 Å². The predicted octanol–water partition coefficient (Wildman–Crippen LogP) is 1.58. The van der Waals surface area contributed by atoms with Crippen molar-refractivity contribution in [3.63, 3.8) is 0 Å². The minimum absolute atomic E-state index is 0.224. The van der Waals surface area contributed by atoms with Gasteiger partial charge in [0.1, 0.15) is 0 Å². The molecule has 136 valence electrons. The molecule has 0 fully saturated rings. The third kappa shape index (κ3) is 5.42. The van der Waals surface area contributed by atoms with E-state index in [1.807, 2.05) is 24.3 Å². The van der Waals surface area contributed by atoms with Crippen LogP contribution in [0.15, 0.2) is 48.5 Å². The van der Waals surface area contributed by atoms with Crippen LogP contribution >= 0.6 is 0 Å². The molecule has 0 aliphatic carbocycles. The maximum absolute atomic E-state index is 11.9. The van der Waals surface area contributed by atoms with Crippen molar-refractivity contribution in [2.24, 2.45) is 5.73 Å². The van der Waals surface area contributed by atoms with E-state index in [-0.39, 0.29) is 13.2 Å². The number of ether oxygens (including phenoxy) is 1. The predicted molar refractivity (Wildman–Crippen MR) is 97.2 cm³/mol. The van der Waals surface area contributed by atoms with E-state index in [4.69, 9.17) is 10.5 Å². The topological polar surface area (TPSA) is 111 Å². The highest BCUT2D eigenvalue weighted by Gasteiger charge is 2.14. The van der Waals surface area contributed by atoms with E-state index >= 15 is 0 Å². The Bertz CT molecular complexity index is 788. The fraction of sp³-hybridized carbons (Fsp3) is 0.211. The van der Waals surface area contributed by atoms with Crippen molar-refractivity contribution >= 4 is 23.5 Å². The summed E-state index contributed by atoms with van der Waals surface area (Å²) in [6, 6.07) is 13.5. The van der Waals surface area contributed by atoms with E-state index in [0.717, 1.165) is 11.1 Å². The fourth-order valence-electron chi connectivity index (χ4n) is 2.22. The molecule has 7 nitrogen and oxygen atoms in total. The summed E-state index contributed by atoms with van der Waals surface area (Å²) in [4.78, 5) is 35.4. The third-order valence-corrected chi connectivity index (χ3v) is 3.54. The Morgan fingerprint density at radius 3 is 2.35 bits per heavy atom. The lowest BCUT2D eigenvalue weighted by molar-refractivity contribution is -0.136. The molecule has 26 heavy (non-hydrogen) atoms. The molecule has 0 spiro atoms. The molecule has 0 unspecified atom stereocenters. The summed E-state index contributed by atoms with van der Waals surface area (Å²) in [6.07, 6.45) is 0. The summed E-state index contributed by atoms with van der Waals surface area (Å²) in [5.41, 5.74) is 8.15. The van der Waals surface area contributed by atoms with Gasteiger partial charge in [-0.25, -0.2) is 4.79 Å². The lowest BCUT2D eigenvalue weighted by Gasteiger charge is -2.08. The van der Waals surface area contributed by atoms with Crippen LogP contribution in [0.25, 0.3) is 0 Å². The molecular formula is C19H21N3O4. The number of esters is 1. The first-order valence-corrected chi connectivity index (χ1v) is 8.17. The Labute approximate surface area is 151 Å². The molecule has 0 aromatic heterocycles. The Morgan fingerprint density at radius 1 is 1.00 bits per heavy atom. The van der Waals surface area contributed by atoms with E-state index in [1.165, 1.54) is 24.3 Å². The zero-order chi connectivity index (χ0) is 18.9. The molecule has 0 saturated carbocycles. The van der Waals surface area contributed by atoms with Crippen LogP contribution in [0.1, 0.15) is 28.4 Å². The number of carbonyl (C=O) groups is 3. The van der Waals surface area contributed by atoms with Crippen molar-refractivity contribution < 1.29 is 19.1 Å². The first kappa shape index (κ1) is 19.1. The molecule has 2 amide bonds. The van der Waals surface area contributed by atoms with Gasteiger partial charge in [-0.2, -0.15) is 0 Å². The van der Waals surface area contributed by atoms with Crippen LogP contribution in [0, 0.1) is 0 Å². The summed E-state index contributed by atoms with van der Waals surface area (Å²) < 4.78 is 4.88. The maximum Gasteiger partial charge on any atom is 0.338 e. The van der Waals surface area contributed by atoms with E-state index < -0.39 is 17.8 Å². The second-order valence-corrected chi connectivity index (χ2v) is 5.46. The first-order chi connectivity index (χ1) is 12.5. The molecule has 7 heteroatoms. The number of rotatable bonds is 6. The Kier molecular flexibility index (Phi) is 6.87. The molecule has 0 aliphatic heterocycles. The zero-order valence-corrected chi connectivity index (χ0v) is 14.5. The van der Waals surface area contributed by atoms with E-state index in [1.54, 1.807) is 6.92 Å². The van der Waals surface area contributed by atoms with Gasteiger partial charge < -0.3 is 21.1 Å². The van der Waals surface area contributed by atoms with Gasteiger partial charge in [0.25, 0.3) is 0 Å². The lowest BCUT2D eigenvalue weighted by Crippen LogP contribution is -2.35. The van der Waals surface area contributed by atoms with Crippen molar-refractivity contribution in [3.05, 3.63) is 65.2 Å². The molecule has 2 aromatic rings. The number of hydrogen-bond acceptors (Lipinski definition) is 5. The highest BCUT2D eigenvalue weighted by Crippen LogP contribution is 2.10. The highest BCUT2D eigenvalue weighted by molar-refractivity contribution is 6.39. The molecule has 2 aromatic carbocycles. The average molecular weight is 355 g/mol. The average Bonchev–Trinajstić information content (AvgIpc) is 2.67. The molecule has 4 N–H and O–H groups in total. The normalized spacial score (nSPS) is 10.1. The number of anilines is 1. The minimum Gasteiger partial charge on any atom is -0.462 e. The standard InChI is InChI=1S/C19H21N3O4/c1-2-26-19(25)15-6-8-16(9-7-15)22-18(24)17(23)21-12-14-5-3-4-13(10-14)11-20/h3-10H,2,11-12,20H2,1H3,(H,21,23)(H,22,24). The maximum atomic E-state index is 11.9. The highest BCUT2D eigenvalue weighted by atomic mass is 16.5. The number of benzene rings is 2. The van der Waals surface area contributed by atoms with Crippen LogP contribution in [-0.2, 0) is 27.4 Å². The Morgan fingerprint density at radius 2 is 1.69 bits per heavy atom. The van der Waals surface area contributed by atoms with Crippen molar-refractivity contribution in [2.75, 3.05) is 11.9 Å². The van der Waals surface area contributed by atoms with Gasteiger partial charge in [-0.3, -0.25) is 9.59 Å². The van der Waals surface area contributed by atoms with Gasteiger partial charge in [0.05, 0.1) is 12.2 Å². The monoisotopic (exact) mass is 355 g/mol. The first-order valence-electron chi connectivity index (χ1n) is 8.17. The van der Waals surface area contributed by atoms with Gasteiger partial charge in [-0.05, 0) is 42.3 Å². The van der Waals surface area contributed by atoms with Crippen molar-refractivity contribution in [1.82, 2.24) is 5.32 Å². The quantitative estimate of drug-likeness (QED) is 0.538. The van der Waals surface area contributed by atoms with Gasteiger partial charge in [-0.15, -0.1) is 0 Å². The van der Waals surface area contributed by atoms with E-state index in [0.29, 0.717) is 17.8 Å². The molecule has 0 bridgehead atoms. The van der Waals surface area contributed by atoms with Crippen LogP contribution in [-0.4, -0.2) is 24.4 Å². The van der Waals surface area contributed by atoms with Gasteiger partial charge in [0.2, 0.25) is 0 Å². The summed E-state index contributed by atoms with van der Waals surface area (Å²) in [5, 5.41) is 5.03. The third-order valence-electron chi connectivity index (χ3n) is 3.54. The van der Waals surface area contributed by atoms with Crippen molar-refractivity contribution in [2.45, 2.75) is 20.0 Å². The number of amides is 2. The molecule has 0 heterocycles. The van der Waals surface area contributed by atoms with Crippen LogP contribution in [0.3, 0.4) is 0 Å². The number of nitrogens with one attached hydrogen (secondary N) is 2. The van der Waals surface area contributed by atoms with E-state index in [2.05, 4.69) is 10.6 Å². The van der Waals surface area contributed by atoms with Gasteiger partial charge >= 0.3 is 17.8 Å². The molecule has 0 atom stereocenters. The number of nitrogens with two attached hydrogens (primary N) is 1. The molecule has 0 aliphatic rings. The second-order valence-electron chi connectivity index (χ2n) is 5.46. The van der Waals surface area contributed by atoms with Crippen molar-refractivity contribution in [1.29, 1.82) is 0 Å². The van der Waals surface area contributed by atoms with E-state index in [9.17, 15) is 14.4 Å². The summed E-state index contributed by atoms with van der Waals surface area (Å²) in [5.74, 6) is -1.98. The van der Waals surface area contributed by atoms with Crippen LogP contribution in [0.2, 0.25) is 0 Å². The zero-order valence-electron chi connectivity index (χ0n) is 14.5. The SMILES string of the molecule is CCOC(=O)c1ccc(NC(=O)C(=O)NCc2cccc(CN)c2)cc1. The molecular weight excluding hydrogens is 334 g/mol.